The van der Waals surface area contributed by atoms with Gasteiger partial charge in [0.25, 0.3) is 0 Å². The first-order valence-corrected chi connectivity index (χ1v) is 7.58. The first-order valence-electron chi connectivity index (χ1n) is 6.22. The van der Waals surface area contributed by atoms with Crippen LogP contribution in [0.1, 0.15) is 12.5 Å². The molecule has 0 atom stereocenters. The van der Waals surface area contributed by atoms with Crippen molar-refractivity contribution in [1.29, 1.82) is 0 Å². The maximum absolute atomic E-state index is 6.04. The van der Waals surface area contributed by atoms with Gasteiger partial charge in [-0.3, -0.25) is 0 Å². The average molecular weight is 294 g/mol. The first kappa shape index (κ1) is 14.2. The van der Waals surface area contributed by atoms with Crippen LogP contribution in [0, 0.1) is 0 Å². The maximum Gasteiger partial charge on any atom is 0.137 e. The van der Waals surface area contributed by atoms with E-state index in [1.165, 1.54) is 11.2 Å². The van der Waals surface area contributed by atoms with Crippen molar-refractivity contribution in [3.05, 3.63) is 47.4 Å². The van der Waals surface area contributed by atoms with Gasteiger partial charge in [0.05, 0.1) is 0 Å². The van der Waals surface area contributed by atoms with Crippen LogP contribution in [-0.4, -0.2) is 22.3 Å². The lowest BCUT2D eigenvalue weighted by Crippen LogP contribution is -2.08. The van der Waals surface area contributed by atoms with E-state index >= 15 is 0 Å². The molecule has 1 aromatic heterocycles. The highest BCUT2D eigenvalue weighted by Crippen LogP contribution is 2.21. The summed E-state index contributed by atoms with van der Waals surface area (Å²) in [5.41, 5.74) is 0.980. The Morgan fingerprint density at radius 2 is 2.00 bits per heavy atom. The standard InChI is InChI=1S/C14H16ClN3S/c1-2-12-13(15)17-10-18-14(12)16-8-9-19-11-6-4-3-5-7-11/h3-7,10H,2,8-9H2,1H3,(H,16,17,18). The van der Waals surface area contributed by atoms with Crippen LogP contribution in [0.25, 0.3) is 0 Å². The zero-order valence-electron chi connectivity index (χ0n) is 10.8. The zero-order valence-corrected chi connectivity index (χ0v) is 12.3. The molecule has 0 spiro atoms. The average Bonchev–Trinajstić information content (AvgIpc) is 2.45. The number of aromatic nitrogens is 2. The molecule has 0 aliphatic heterocycles. The second-order valence-electron chi connectivity index (χ2n) is 3.93. The van der Waals surface area contributed by atoms with Crippen LogP contribution >= 0.6 is 23.4 Å². The third kappa shape index (κ3) is 4.11. The van der Waals surface area contributed by atoms with Gasteiger partial charge in [0.1, 0.15) is 17.3 Å². The Morgan fingerprint density at radius 1 is 1.21 bits per heavy atom. The summed E-state index contributed by atoms with van der Waals surface area (Å²) >= 11 is 7.86. The molecule has 0 bridgehead atoms. The van der Waals surface area contributed by atoms with Crippen LogP contribution in [0.5, 0.6) is 0 Å². The summed E-state index contributed by atoms with van der Waals surface area (Å²) in [5, 5.41) is 3.86. The topological polar surface area (TPSA) is 37.8 Å². The Hall–Kier alpha value is -1.26. The van der Waals surface area contributed by atoms with Gasteiger partial charge in [0, 0.05) is 22.8 Å². The number of halogens is 1. The second kappa shape index (κ2) is 7.36. The minimum absolute atomic E-state index is 0.538. The highest BCUT2D eigenvalue weighted by molar-refractivity contribution is 7.99. The summed E-state index contributed by atoms with van der Waals surface area (Å²) in [6.45, 7) is 2.90. The van der Waals surface area contributed by atoms with Crippen molar-refractivity contribution in [2.45, 2.75) is 18.2 Å². The van der Waals surface area contributed by atoms with Crippen LogP contribution in [0.15, 0.2) is 41.6 Å². The third-order valence-electron chi connectivity index (χ3n) is 2.65. The predicted octanol–water partition coefficient (Wildman–Crippen LogP) is 3.90. The number of benzene rings is 1. The molecule has 19 heavy (non-hydrogen) atoms. The van der Waals surface area contributed by atoms with Gasteiger partial charge in [-0.2, -0.15) is 0 Å². The smallest absolute Gasteiger partial charge is 0.137 e. The molecule has 5 heteroatoms. The highest BCUT2D eigenvalue weighted by Gasteiger charge is 2.06. The number of thioether (sulfide) groups is 1. The number of hydrogen-bond donors (Lipinski definition) is 1. The van der Waals surface area contributed by atoms with Crippen molar-refractivity contribution in [1.82, 2.24) is 9.97 Å². The van der Waals surface area contributed by atoms with E-state index in [0.29, 0.717) is 5.15 Å². The van der Waals surface area contributed by atoms with E-state index in [2.05, 4.69) is 46.5 Å². The number of nitrogens with zero attached hydrogens (tertiary/aromatic N) is 2. The van der Waals surface area contributed by atoms with Crippen LogP contribution < -0.4 is 5.32 Å². The second-order valence-corrected chi connectivity index (χ2v) is 5.46. The Bertz CT molecular complexity index is 519. The zero-order chi connectivity index (χ0) is 13.5. The third-order valence-corrected chi connectivity index (χ3v) is 3.99. The molecule has 1 heterocycles. The summed E-state index contributed by atoms with van der Waals surface area (Å²) in [6.07, 6.45) is 2.32. The molecule has 0 amide bonds. The Morgan fingerprint density at radius 3 is 2.74 bits per heavy atom. The molecule has 2 rings (SSSR count). The van der Waals surface area contributed by atoms with E-state index in [-0.39, 0.29) is 0 Å². The predicted molar refractivity (Wildman–Crippen MR) is 82.1 cm³/mol. The SMILES string of the molecule is CCc1c(Cl)ncnc1NCCSc1ccccc1. The molecule has 0 saturated heterocycles. The van der Waals surface area contributed by atoms with Gasteiger partial charge in [-0.05, 0) is 18.6 Å². The molecule has 0 fully saturated rings. The molecule has 3 nitrogen and oxygen atoms in total. The molecular formula is C14H16ClN3S. The summed E-state index contributed by atoms with van der Waals surface area (Å²) in [7, 11) is 0. The molecule has 0 saturated carbocycles. The Balaban J connectivity index is 1.85. The van der Waals surface area contributed by atoms with Crippen molar-refractivity contribution in [2.75, 3.05) is 17.6 Å². The van der Waals surface area contributed by atoms with Crippen LogP contribution in [0.3, 0.4) is 0 Å². The molecule has 0 unspecified atom stereocenters. The largest absolute Gasteiger partial charge is 0.369 e. The fourth-order valence-corrected chi connectivity index (χ4v) is 2.77. The van der Waals surface area contributed by atoms with E-state index < -0.39 is 0 Å². The first-order chi connectivity index (χ1) is 9.31. The van der Waals surface area contributed by atoms with Crippen molar-refractivity contribution < 1.29 is 0 Å². The van der Waals surface area contributed by atoms with Crippen LogP contribution in [0.2, 0.25) is 5.15 Å². The van der Waals surface area contributed by atoms with Gasteiger partial charge in [0.2, 0.25) is 0 Å². The fraction of sp³-hybridized carbons (Fsp3) is 0.286. The van der Waals surface area contributed by atoms with Gasteiger partial charge >= 0.3 is 0 Å². The molecule has 1 N–H and O–H groups in total. The Kier molecular flexibility index (Phi) is 5.48. The fourth-order valence-electron chi connectivity index (χ4n) is 1.71. The van der Waals surface area contributed by atoms with E-state index in [0.717, 1.165) is 30.1 Å². The lowest BCUT2D eigenvalue weighted by Gasteiger charge is -2.10. The molecule has 0 aliphatic rings. The van der Waals surface area contributed by atoms with E-state index in [9.17, 15) is 0 Å². The van der Waals surface area contributed by atoms with E-state index in [1.54, 1.807) is 0 Å². The van der Waals surface area contributed by atoms with E-state index in [4.69, 9.17) is 11.6 Å². The lowest BCUT2D eigenvalue weighted by molar-refractivity contribution is 1.03. The molecule has 100 valence electrons. The Labute approximate surface area is 122 Å². The van der Waals surface area contributed by atoms with Crippen molar-refractivity contribution in [3.8, 4) is 0 Å². The minimum Gasteiger partial charge on any atom is -0.369 e. The van der Waals surface area contributed by atoms with Gasteiger partial charge in [-0.25, -0.2) is 9.97 Å². The monoisotopic (exact) mass is 293 g/mol. The van der Waals surface area contributed by atoms with Crippen molar-refractivity contribution in [3.63, 3.8) is 0 Å². The summed E-state index contributed by atoms with van der Waals surface area (Å²) in [5.74, 6) is 1.82. The molecule has 2 aromatic rings. The van der Waals surface area contributed by atoms with Crippen molar-refractivity contribution in [2.24, 2.45) is 0 Å². The molecule has 1 aromatic carbocycles. The highest BCUT2D eigenvalue weighted by atomic mass is 35.5. The quantitative estimate of drug-likeness (QED) is 0.498. The van der Waals surface area contributed by atoms with E-state index in [1.807, 2.05) is 17.8 Å². The number of rotatable bonds is 6. The lowest BCUT2D eigenvalue weighted by atomic mass is 10.2. The summed E-state index contributed by atoms with van der Waals surface area (Å²) < 4.78 is 0. The number of anilines is 1. The van der Waals surface area contributed by atoms with Gasteiger partial charge in [-0.1, -0.05) is 36.7 Å². The molecule has 0 radical (unpaired) electrons. The maximum atomic E-state index is 6.04. The summed E-state index contributed by atoms with van der Waals surface area (Å²) in [6, 6.07) is 10.4. The van der Waals surface area contributed by atoms with Gasteiger partial charge < -0.3 is 5.32 Å². The molecular weight excluding hydrogens is 278 g/mol. The van der Waals surface area contributed by atoms with Crippen LogP contribution in [-0.2, 0) is 6.42 Å². The number of nitrogens with one attached hydrogen (secondary N) is 1. The van der Waals surface area contributed by atoms with Crippen molar-refractivity contribution >= 4 is 29.2 Å². The number of hydrogen-bond acceptors (Lipinski definition) is 4. The van der Waals surface area contributed by atoms with Gasteiger partial charge in [0.15, 0.2) is 0 Å². The normalized spacial score (nSPS) is 10.4. The van der Waals surface area contributed by atoms with Crippen LogP contribution in [0.4, 0.5) is 5.82 Å². The summed E-state index contributed by atoms with van der Waals surface area (Å²) in [4.78, 5) is 9.51. The van der Waals surface area contributed by atoms with Gasteiger partial charge in [-0.15, -0.1) is 11.8 Å². The minimum atomic E-state index is 0.538. The molecule has 0 aliphatic carbocycles.